The number of hydrogen-bond donors (Lipinski definition) is 1. The number of aromatic carboxylic acids is 1. The quantitative estimate of drug-likeness (QED) is 0.800. The summed E-state index contributed by atoms with van der Waals surface area (Å²) in [6.45, 7) is 0. The van der Waals surface area contributed by atoms with Crippen molar-refractivity contribution >= 4 is 16.9 Å². The number of ether oxygens (including phenoxy) is 1. The Hall–Kier alpha value is -2.95. The van der Waals surface area contributed by atoms with Crippen molar-refractivity contribution in [3.05, 3.63) is 59.9 Å². The van der Waals surface area contributed by atoms with Crippen LogP contribution in [0, 0.1) is 5.82 Å². The number of pyridine rings is 1. The van der Waals surface area contributed by atoms with Crippen molar-refractivity contribution in [2.24, 2.45) is 0 Å². The molecular formula is C17H12FNO3. The topological polar surface area (TPSA) is 59.4 Å². The lowest BCUT2D eigenvalue weighted by Crippen LogP contribution is -2.00. The standard InChI is InChI=1S/C17H12FNO3/c1-22-16-12-8-7-11(17(20)21)9-13(12)19-15(14(16)18)10-5-3-2-4-6-10/h2-9H,1H3,(H,20,21). The predicted octanol–water partition coefficient (Wildman–Crippen LogP) is 3.75. The van der Waals surface area contributed by atoms with Gasteiger partial charge in [0.1, 0.15) is 5.69 Å². The molecule has 110 valence electrons. The van der Waals surface area contributed by atoms with Crippen molar-refractivity contribution in [2.45, 2.75) is 0 Å². The van der Waals surface area contributed by atoms with Gasteiger partial charge in [-0.15, -0.1) is 0 Å². The van der Waals surface area contributed by atoms with E-state index in [4.69, 9.17) is 9.84 Å². The zero-order valence-corrected chi connectivity index (χ0v) is 11.7. The smallest absolute Gasteiger partial charge is 0.335 e. The van der Waals surface area contributed by atoms with Crippen molar-refractivity contribution in [2.75, 3.05) is 7.11 Å². The zero-order valence-electron chi connectivity index (χ0n) is 11.7. The summed E-state index contributed by atoms with van der Waals surface area (Å²) in [7, 11) is 1.37. The van der Waals surface area contributed by atoms with Gasteiger partial charge in [0.25, 0.3) is 0 Å². The van der Waals surface area contributed by atoms with E-state index in [-0.39, 0.29) is 17.0 Å². The molecule has 0 spiro atoms. The first-order chi connectivity index (χ1) is 10.6. The zero-order chi connectivity index (χ0) is 15.7. The van der Waals surface area contributed by atoms with Crippen molar-refractivity contribution in [3.8, 4) is 17.0 Å². The number of carboxylic acid groups (broad SMARTS) is 1. The normalized spacial score (nSPS) is 10.6. The molecule has 0 aliphatic heterocycles. The summed E-state index contributed by atoms with van der Waals surface area (Å²) in [5.74, 6) is -1.57. The van der Waals surface area contributed by atoms with Crippen LogP contribution in [0.2, 0.25) is 0 Å². The Morgan fingerprint density at radius 2 is 1.91 bits per heavy atom. The van der Waals surface area contributed by atoms with Gasteiger partial charge >= 0.3 is 5.97 Å². The molecule has 1 aromatic heterocycles. The minimum absolute atomic E-state index is 0.0563. The van der Waals surface area contributed by atoms with Gasteiger partial charge in [-0.2, -0.15) is 0 Å². The van der Waals surface area contributed by atoms with Gasteiger partial charge in [-0.05, 0) is 18.2 Å². The number of rotatable bonds is 3. The average Bonchev–Trinajstić information content (AvgIpc) is 2.54. The van der Waals surface area contributed by atoms with Crippen LogP contribution in [0.15, 0.2) is 48.5 Å². The summed E-state index contributed by atoms with van der Waals surface area (Å²) in [6, 6.07) is 13.2. The molecule has 4 nitrogen and oxygen atoms in total. The molecule has 0 aliphatic rings. The van der Waals surface area contributed by atoms with Crippen molar-refractivity contribution in [1.29, 1.82) is 0 Å². The molecule has 0 radical (unpaired) electrons. The lowest BCUT2D eigenvalue weighted by molar-refractivity contribution is 0.0697. The Morgan fingerprint density at radius 3 is 2.55 bits per heavy atom. The highest BCUT2D eigenvalue weighted by molar-refractivity contribution is 5.96. The molecule has 3 rings (SSSR count). The summed E-state index contributed by atoms with van der Waals surface area (Å²) >= 11 is 0. The minimum atomic E-state index is -1.06. The number of benzene rings is 2. The molecule has 0 atom stereocenters. The molecule has 3 aromatic rings. The number of methoxy groups -OCH3 is 1. The maximum absolute atomic E-state index is 14.6. The van der Waals surface area contributed by atoms with E-state index in [9.17, 15) is 9.18 Å². The van der Waals surface area contributed by atoms with Gasteiger partial charge in [-0.25, -0.2) is 14.2 Å². The third kappa shape index (κ3) is 2.26. The van der Waals surface area contributed by atoms with E-state index < -0.39 is 11.8 Å². The largest absolute Gasteiger partial charge is 0.493 e. The number of aromatic nitrogens is 1. The monoisotopic (exact) mass is 297 g/mol. The van der Waals surface area contributed by atoms with Crippen molar-refractivity contribution in [3.63, 3.8) is 0 Å². The van der Waals surface area contributed by atoms with Gasteiger partial charge in [-0.1, -0.05) is 30.3 Å². The molecule has 0 saturated carbocycles. The van der Waals surface area contributed by atoms with Gasteiger partial charge in [0.15, 0.2) is 11.6 Å². The number of carboxylic acids is 1. The number of nitrogens with zero attached hydrogens (tertiary/aromatic N) is 1. The highest BCUT2D eigenvalue weighted by Gasteiger charge is 2.18. The SMILES string of the molecule is COc1c(F)c(-c2ccccc2)nc2cc(C(=O)O)ccc12. The van der Waals surface area contributed by atoms with Crippen LogP contribution in [-0.2, 0) is 0 Å². The minimum Gasteiger partial charge on any atom is -0.493 e. The molecule has 2 aromatic carbocycles. The van der Waals surface area contributed by atoms with Crippen LogP contribution in [-0.4, -0.2) is 23.2 Å². The number of halogens is 1. The number of hydrogen-bond acceptors (Lipinski definition) is 3. The van der Waals surface area contributed by atoms with E-state index in [1.807, 2.05) is 6.07 Å². The summed E-state index contributed by atoms with van der Waals surface area (Å²) in [6.07, 6.45) is 0. The Balaban J connectivity index is 2.34. The molecule has 0 unspecified atom stereocenters. The van der Waals surface area contributed by atoms with Gasteiger partial charge in [0.2, 0.25) is 0 Å². The fraction of sp³-hybridized carbons (Fsp3) is 0.0588. The van der Waals surface area contributed by atoms with Gasteiger partial charge < -0.3 is 9.84 Å². The van der Waals surface area contributed by atoms with E-state index in [1.165, 1.54) is 25.3 Å². The highest BCUT2D eigenvalue weighted by atomic mass is 19.1. The lowest BCUT2D eigenvalue weighted by Gasteiger charge is -2.11. The molecule has 22 heavy (non-hydrogen) atoms. The summed E-state index contributed by atoms with van der Waals surface area (Å²) < 4.78 is 19.8. The van der Waals surface area contributed by atoms with E-state index in [1.54, 1.807) is 24.3 Å². The second-order valence-corrected chi connectivity index (χ2v) is 4.71. The molecule has 0 saturated heterocycles. The van der Waals surface area contributed by atoms with Gasteiger partial charge in [0.05, 0.1) is 18.2 Å². The first-order valence-corrected chi connectivity index (χ1v) is 6.58. The molecule has 0 fully saturated rings. The highest BCUT2D eigenvalue weighted by Crippen LogP contribution is 2.34. The van der Waals surface area contributed by atoms with Crippen LogP contribution in [0.25, 0.3) is 22.2 Å². The predicted molar refractivity (Wildman–Crippen MR) is 80.6 cm³/mol. The van der Waals surface area contributed by atoms with E-state index in [2.05, 4.69) is 4.98 Å². The van der Waals surface area contributed by atoms with Gasteiger partial charge in [-0.3, -0.25) is 0 Å². The summed E-state index contributed by atoms with van der Waals surface area (Å²) in [5, 5.41) is 9.51. The average molecular weight is 297 g/mol. The van der Waals surface area contributed by atoms with Crippen LogP contribution in [0.4, 0.5) is 4.39 Å². The molecule has 1 heterocycles. The lowest BCUT2D eigenvalue weighted by atomic mass is 10.1. The fourth-order valence-electron chi connectivity index (χ4n) is 2.33. The van der Waals surface area contributed by atoms with Crippen molar-refractivity contribution < 1.29 is 19.0 Å². The molecule has 0 amide bonds. The Kier molecular flexibility index (Phi) is 3.47. The van der Waals surface area contributed by atoms with Crippen LogP contribution in [0.1, 0.15) is 10.4 Å². The van der Waals surface area contributed by atoms with Crippen LogP contribution in [0.5, 0.6) is 5.75 Å². The molecule has 5 heteroatoms. The second-order valence-electron chi connectivity index (χ2n) is 4.71. The summed E-state index contributed by atoms with van der Waals surface area (Å²) in [4.78, 5) is 15.4. The first kappa shape index (κ1) is 14.0. The van der Waals surface area contributed by atoms with E-state index >= 15 is 0 Å². The van der Waals surface area contributed by atoms with Gasteiger partial charge in [0, 0.05) is 10.9 Å². The van der Waals surface area contributed by atoms with E-state index in [0.29, 0.717) is 16.5 Å². The number of fused-ring (bicyclic) bond motifs is 1. The third-order valence-corrected chi connectivity index (χ3v) is 3.38. The van der Waals surface area contributed by atoms with Crippen LogP contribution >= 0.6 is 0 Å². The Labute approximate surface area is 125 Å². The molecular weight excluding hydrogens is 285 g/mol. The van der Waals surface area contributed by atoms with Crippen LogP contribution < -0.4 is 4.74 Å². The summed E-state index contributed by atoms with van der Waals surface area (Å²) in [5.41, 5.74) is 1.19. The third-order valence-electron chi connectivity index (χ3n) is 3.38. The van der Waals surface area contributed by atoms with Crippen LogP contribution in [0.3, 0.4) is 0 Å². The molecule has 1 N–H and O–H groups in total. The molecule has 0 aliphatic carbocycles. The number of carbonyl (C=O) groups is 1. The fourth-order valence-corrected chi connectivity index (χ4v) is 2.33. The Morgan fingerprint density at radius 1 is 1.18 bits per heavy atom. The Bertz CT molecular complexity index is 863. The second kappa shape index (κ2) is 5.44. The van der Waals surface area contributed by atoms with E-state index in [0.717, 1.165) is 0 Å². The molecule has 0 bridgehead atoms. The maximum atomic E-state index is 14.6. The van der Waals surface area contributed by atoms with Crippen molar-refractivity contribution in [1.82, 2.24) is 4.98 Å². The first-order valence-electron chi connectivity index (χ1n) is 6.58. The maximum Gasteiger partial charge on any atom is 0.335 e.